The molecule has 0 saturated carbocycles. The number of fused-ring (bicyclic) bond motifs is 6. The standard InChI is InChI=1S/C30H20ClN3O3S/c31-19-8-9-22-18(16-19)7-10-24-30(20-4-1-2-5-21(20)33-29(30)37)25(27(35)17-11-13-32-14-12-17)26(34(22)24)28(36)23-6-3-15-38-23/h1-16,24-26H,(H,33,37)/t24-,25-,26+,30-/m1/s1. The minimum Gasteiger partial charge on any atom is -0.352 e. The Balaban J connectivity index is 1.55. The first kappa shape index (κ1) is 23.1. The first-order valence-corrected chi connectivity index (χ1v) is 13.5. The van der Waals surface area contributed by atoms with Crippen LogP contribution in [-0.4, -0.2) is 34.5 Å². The quantitative estimate of drug-likeness (QED) is 0.340. The monoisotopic (exact) mass is 537 g/mol. The molecule has 1 N–H and O–H groups in total. The van der Waals surface area contributed by atoms with Gasteiger partial charge in [0.15, 0.2) is 11.6 Å². The summed E-state index contributed by atoms with van der Waals surface area (Å²) in [7, 11) is 0. The van der Waals surface area contributed by atoms with Crippen LogP contribution in [0.1, 0.15) is 31.2 Å². The largest absolute Gasteiger partial charge is 0.352 e. The summed E-state index contributed by atoms with van der Waals surface area (Å²) in [5, 5.41) is 5.44. The van der Waals surface area contributed by atoms with Gasteiger partial charge in [0.25, 0.3) is 0 Å². The van der Waals surface area contributed by atoms with Crippen LogP contribution in [0.3, 0.4) is 0 Å². The van der Waals surface area contributed by atoms with Crippen LogP contribution >= 0.6 is 22.9 Å². The second kappa shape index (κ2) is 8.48. The van der Waals surface area contributed by atoms with Crippen LogP contribution in [-0.2, 0) is 10.2 Å². The van der Waals surface area contributed by atoms with Crippen LogP contribution in [0.2, 0.25) is 5.02 Å². The summed E-state index contributed by atoms with van der Waals surface area (Å²) in [6.07, 6.45) is 6.98. The van der Waals surface area contributed by atoms with Crippen molar-refractivity contribution in [2.45, 2.75) is 17.5 Å². The molecular formula is C30H20ClN3O3S. The lowest BCUT2D eigenvalue weighted by molar-refractivity contribution is -0.121. The van der Waals surface area contributed by atoms with Crippen molar-refractivity contribution in [3.05, 3.63) is 117 Å². The Morgan fingerprint density at radius 3 is 2.61 bits per heavy atom. The van der Waals surface area contributed by atoms with Crippen molar-refractivity contribution in [1.82, 2.24) is 4.98 Å². The van der Waals surface area contributed by atoms with E-state index in [1.54, 1.807) is 36.7 Å². The van der Waals surface area contributed by atoms with E-state index in [1.165, 1.54) is 11.3 Å². The number of para-hydroxylation sites is 1. The molecule has 1 amide bonds. The molecular weight excluding hydrogens is 518 g/mol. The van der Waals surface area contributed by atoms with Crippen molar-refractivity contribution in [1.29, 1.82) is 0 Å². The van der Waals surface area contributed by atoms with E-state index in [4.69, 9.17) is 11.6 Å². The Labute approximate surface area is 227 Å². The lowest BCUT2D eigenvalue weighted by Gasteiger charge is -2.37. The van der Waals surface area contributed by atoms with E-state index >= 15 is 0 Å². The molecule has 186 valence electrons. The first-order chi connectivity index (χ1) is 18.5. The van der Waals surface area contributed by atoms with Crippen molar-refractivity contribution >= 4 is 57.9 Å². The topological polar surface area (TPSA) is 79.4 Å². The minimum atomic E-state index is -1.33. The van der Waals surface area contributed by atoms with Crippen molar-refractivity contribution < 1.29 is 14.4 Å². The number of anilines is 2. The molecule has 4 aromatic rings. The third kappa shape index (κ3) is 3.06. The molecule has 3 aliphatic heterocycles. The Bertz CT molecular complexity index is 1650. The van der Waals surface area contributed by atoms with E-state index < -0.39 is 23.4 Å². The molecule has 7 rings (SSSR count). The number of aromatic nitrogens is 1. The summed E-state index contributed by atoms with van der Waals surface area (Å²) in [5.74, 6) is -1.75. The highest BCUT2D eigenvalue weighted by Crippen LogP contribution is 2.58. The summed E-state index contributed by atoms with van der Waals surface area (Å²) >= 11 is 7.66. The molecule has 2 aromatic heterocycles. The van der Waals surface area contributed by atoms with E-state index in [9.17, 15) is 14.4 Å². The van der Waals surface area contributed by atoms with Crippen LogP contribution in [0.15, 0.2) is 90.6 Å². The number of hydrogen-bond donors (Lipinski definition) is 1. The molecule has 0 unspecified atom stereocenters. The molecule has 2 aromatic carbocycles. The maximum Gasteiger partial charge on any atom is 0.238 e. The Kier molecular flexibility index (Phi) is 5.15. The van der Waals surface area contributed by atoms with Crippen molar-refractivity contribution in [2.24, 2.45) is 5.92 Å². The maximum absolute atomic E-state index is 14.5. The fraction of sp³-hybridized carbons (Fsp3) is 0.133. The zero-order valence-corrected chi connectivity index (χ0v) is 21.4. The molecule has 0 aliphatic carbocycles. The molecule has 6 nitrogen and oxygen atoms in total. The van der Waals surface area contributed by atoms with Gasteiger partial charge in [0.2, 0.25) is 5.91 Å². The van der Waals surface area contributed by atoms with Crippen LogP contribution < -0.4 is 10.2 Å². The van der Waals surface area contributed by atoms with Gasteiger partial charge in [-0.1, -0.05) is 48.0 Å². The second-order valence-corrected chi connectivity index (χ2v) is 11.0. The summed E-state index contributed by atoms with van der Waals surface area (Å²) < 4.78 is 0. The van der Waals surface area contributed by atoms with Crippen LogP contribution in [0.25, 0.3) is 6.08 Å². The van der Waals surface area contributed by atoms with Gasteiger partial charge in [-0.3, -0.25) is 19.4 Å². The van der Waals surface area contributed by atoms with Gasteiger partial charge in [-0.05, 0) is 59.0 Å². The van der Waals surface area contributed by atoms with Gasteiger partial charge < -0.3 is 10.2 Å². The van der Waals surface area contributed by atoms with Gasteiger partial charge in [0, 0.05) is 34.4 Å². The molecule has 38 heavy (non-hydrogen) atoms. The Hall–Kier alpha value is -4.07. The molecule has 3 aliphatic rings. The smallest absolute Gasteiger partial charge is 0.238 e. The van der Waals surface area contributed by atoms with Gasteiger partial charge in [-0.2, -0.15) is 0 Å². The second-order valence-electron chi connectivity index (χ2n) is 9.65. The molecule has 0 radical (unpaired) electrons. The number of benzene rings is 2. The number of halogens is 1. The SMILES string of the molecule is O=C(c1cccs1)[C@@H]1[C@H](C(=O)c2ccncc2)[C@]2(C(=O)Nc3ccccc32)[C@H]2C=Cc3cc(Cl)ccc3N12. The molecule has 4 atom stereocenters. The average molecular weight is 538 g/mol. The zero-order chi connectivity index (χ0) is 26.0. The number of nitrogens with one attached hydrogen (secondary N) is 1. The van der Waals surface area contributed by atoms with Crippen LogP contribution in [0.5, 0.6) is 0 Å². The van der Waals surface area contributed by atoms with Gasteiger partial charge in [0.1, 0.15) is 11.5 Å². The number of Topliss-reactive ketones (excluding diaryl/α,β-unsaturated/α-hetero) is 2. The van der Waals surface area contributed by atoms with Gasteiger partial charge >= 0.3 is 0 Å². The molecule has 1 saturated heterocycles. The summed E-state index contributed by atoms with van der Waals surface area (Å²) in [4.78, 5) is 49.7. The van der Waals surface area contributed by atoms with E-state index in [0.29, 0.717) is 21.2 Å². The molecule has 1 fully saturated rings. The zero-order valence-electron chi connectivity index (χ0n) is 19.9. The minimum absolute atomic E-state index is 0.192. The van der Waals surface area contributed by atoms with E-state index in [1.807, 2.05) is 64.9 Å². The van der Waals surface area contributed by atoms with Crippen molar-refractivity contribution in [3.63, 3.8) is 0 Å². The normalized spacial score (nSPS) is 24.6. The predicted molar refractivity (Wildman–Crippen MR) is 148 cm³/mol. The number of carbonyl (C=O) groups is 3. The average Bonchev–Trinajstić information content (AvgIpc) is 3.65. The number of ketones is 2. The number of rotatable bonds is 4. The predicted octanol–water partition coefficient (Wildman–Crippen LogP) is 5.65. The lowest BCUT2D eigenvalue weighted by Crippen LogP contribution is -2.51. The Morgan fingerprint density at radius 1 is 1.00 bits per heavy atom. The number of pyridine rings is 1. The van der Waals surface area contributed by atoms with Gasteiger partial charge in [-0.25, -0.2) is 0 Å². The van der Waals surface area contributed by atoms with E-state index in [-0.39, 0.29) is 17.5 Å². The van der Waals surface area contributed by atoms with Crippen molar-refractivity contribution in [3.8, 4) is 0 Å². The Morgan fingerprint density at radius 2 is 1.82 bits per heavy atom. The highest BCUT2D eigenvalue weighted by Gasteiger charge is 2.70. The van der Waals surface area contributed by atoms with E-state index in [2.05, 4.69) is 10.3 Å². The molecule has 1 spiro atoms. The number of hydrogen-bond acceptors (Lipinski definition) is 6. The molecule has 0 bridgehead atoms. The van der Waals surface area contributed by atoms with Crippen LogP contribution in [0, 0.1) is 5.92 Å². The third-order valence-electron chi connectivity index (χ3n) is 7.87. The number of nitrogens with zero attached hydrogens (tertiary/aromatic N) is 2. The van der Waals surface area contributed by atoms with Gasteiger partial charge in [0.05, 0.1) is 16.8 Å². The summed E-state index contributed by atoms with van der Waals surface area (Å²) in [6, 6.07) is 18.3. The van der Waals surface area contributed by atoms with E-state index in [0.717, 1.165) is 16.8 Å². The number of thiophene rings is 1. The fourth-order valence-corrected chi connectivity index (χ4v) is 7.29. The number of amides is 1. The van der Waals surface area contributed by atoms with Gasteiger partial charge in [-0.15, -0.1) is 11.3 Å². The molecule has 8 heteroatoms. The summed E-state index contributed by atoms with van der Waals surface area (Å²) in [5.41, 5.74) is 2.05. The first-order valence-electron chi connectivity index (χ1n) is 12.2. The highest BCUT2D eigenvalue weighted by molar-refractivity contribution is 7.12. The van der Waals surface area contributed by atoms with Crippen LogP contribution in [0.4, 0.5) is 11.4 Å². The third-order valence-corrected chi connectivity index (χ3v) is 8.99. The highest BCUT2D eigenvalue weighted by atomic mass is 35.5. The lowest BCUT2D eigenvalue weighted by atomic mass is 9.64. The summed E-state index contributed by atoms with van der Waals surface area (Å²) in [6.45, 7) is 0. The maximum atomic E-state index is 14.5. The number of carbonyl (C=O) groups excluding carboxylic acids is 3. The van der Waals surface area contributed by atoms with Crippen molar-refractivity contribution in [2.75, 3.05) is 10.2 Å². The fourth-order valence-electron chi connectivity index (χ4n) is 6.41. The molecule has 5 heterocycles.